The standard InChI is InChI=1S/C20H21F4NO3S/c1-19(26)10-8-15(9-11-19)25-29(27,28)16-5-2-13(3-6-16)17-7-4-14(21)12-18(17)20(22,23)24/h2-7,12,15,25-26H,8-11H2,1H3/t15-,19+. The monoisotopic (exact) mass is 431 g/mol. The first kappa shape index (κ1) is 21.7. The Hall–Kier alpha value is -1.97. The van der Waals surface area contributed by atoms with E-state index in [-0.39, 0.29) is 22.1 Å². The largest absolute Gasteiger partial charge is 0.417 e. The summed E-state index contributed by atoms with van der Waals surface area (Å²) in [5.74, 6) is -1.00. The molecule has 0 radical (unpaired) electrons. The number of rotatable bonds is 4. The van der Waals surface area contributed by atoms with Crippen LogP contribution in [0.2, 0.25) is 0 Å². The molecule has 1 saturated carbocycles. The van der Waals surface area contributed by atoms with Gasteiger partial charge in [0.1, 0.15) is 5.82 Å². The molecule has 0 atom stereocenters. The first-order valence-electron chi connectivity index (χ1n) is 9.09. The lowest BCUT2D eigenvalue weighted by molar-refractivity contribution is -0.137. The second kappa shape index (κ2) is 7.70. The third-order valence-corrected chi connectivity index (χ3v) is 6.68. The third kappa shape index (κ3) is 5.15. The van der Waals surface area contributed by atoms with Crippen molar-refractivity contribution in [3.05, 3.63) is 53.8 Å². The molecule has 0 saturated heterocycles. The lowest BCUT2D eigenvalue weighted by Crippen LogP contribution is -2.42. The molecule has 0 spiro atoms. The number of hydrogen-bond donors (Lipinski definition) is 2. The van der Waals surface area contributed by atoms with Gasteiger partial charge in [-0.25, -0.2) is 17.5 Å². The van der Waals surface area contributed by atoms with Crippen LogP contribution in [0.15, 0.2) is 47.4 Å². The van der Waals surface area contributed by atoms with E-state index >= 15 is 0 Å². The van der Waals surface area contributed by atoms with Gasteiger partial charge in [0.25, 0.3) is 0 Å². The Morgan fingerprint density at radius 2 is 1.66 bits per heavy atom. The zero-order chi connectivity index (χ0) is 21.4. The fourth-order valence-corrected chi connectivity index (χ4v) is 4.77. The van der Waals surface area contributed by atoms with Crippen molar-refractivity contribution in [1.29, 1.82) is 0 Å². The lowest BCUT2D eigenvalue weighted by atomic mass is 9.84. The van der Waals surface area contributed by atoms with Gasteiger partial charge in [0.15, 0.2) is 0 Å². The zero-order valence-electron chi connectivity index (χ0n) is 15.6. The fraction of sp³-hybridized carbons (Fsp3) is 0.400. The molecule has 2 aromatic carbocycles. The van der Waals surface area contributed by atoms with Crippen molar-refractivity contribution in [2.45, 2.75) is 55.3 Å². The molecule has 1 aliphatic rings. The van der Waals surface area contributed by atoms with Gasteiger partial charge in [0.2, 0.25) is 10.0 Å². The summed E-state index contributed by atoms with van der Waals surface area (Å²) < 4.78 is 80.6. The van der Waals surface area contributed by atoms with E-state index in [1.165, 1.54) is 24.3 Å². The van der Waals surface area contributed by atoms with Crippen LogP contribution >= 0.6 is 0 Å². The van der Waals surface area contributed by atoms with Crippen LogP contribution in [0.1, 0.15) is 38.2 Å². The summed E-state index contributed by atoms with van der Waals surface area (Å²) >= 11 is 0. The Kier molecular flexibility index (Phi) is 5.77. The van der Waals surface area contributed by atoms with Gasteiger partial charge in [-0.1, -0.05) is 18.2 Å². The molecule has 2 N–H and O–H groups in total. The quantitative estimate of drug-likeness (QED) is 0.702. The maximum Gasteiger partial charge on any atom is 0.417 e. The number of benzene rings is 2. The van der Waals surface area contributed by atoms with Crippen LogP contribution < -0.4 is 4.72 Å². The molecule has 0 aliphatic heterocycles. The number of hydrogen-bond acceptors (Lipinski definition) is 3. The smallest absolute Gasteiger partial charge is 0.390 e. The van der Waals surface area contributed by atoms with Crippen molar-refractivity contribution >= 4 is 10.0 Å². The summed E-state index contributed by atoms with van der Waals surface area (Å²) in [5.41, 5.74) is -2.02. The number of sulfonamides is 1. The molecule has 0 bridgehead atoms. The SMILES string of the molecule is C[C@]1(O)CC[C@@H](NS(=O)(=O)c2ccc(-c3ccc(F)cc3C(F)(F)F)cc2)CC1. The van der Waals surface area contributed by atoms with E-state index in [9.17, 15) is 31.1 Å². The van der Waals surface area contributed by atoms with Crippen LogP contribution in [0.4, 0.5) is 17.6 Å². The van der Waals surface area contributed by atoms with Crippen LogP contribution in [-0.2, 0) is 16.2 Å². The van der Waals surface area contributed by atoms with E-state index in [4.69, 9.17) is 0 Å². The predicted molar refractivity (Wildman–Crippen MR) is 100 cm³/mol. The Bertz CT molecular complexity index is 976. The first-order valence-corrected chi connectivity index (χ1v) is 10.6. The van der Waals surface area contributed by atoms with Crippen LogP contribution in [0.5, 0.6) is 0 Å². The molecule has 1 fully saturated rings. The summed E-state index contributed by atoms with van der Waals surface area (Å²) in [6.45, 7) is 1.71. The van der Waals surface area contributed by atoms with E-state index in [0.29, 0.717) is 31.7 Å². The predicted octanol–water partition coefficient (Wildman–Crippen LogP) is 4.48. The molecular weight excluding hydrogens is 410 g/mol. The molecule has 0 unspecified atom stereocenters. The summed E-state index contributed by atoms with van der Waals surface area (Å²) in [4.78, 5) is -0.0748. The minimum Gasteiger partial charge on any atom is -0.390 e. The summed E-state index contributed by atoms with van der Waals surface area (Å²) in [6, 6.07) is 7.03. The maximum atomic E-state index is 13.3. The fourth-order valence-electron chi connectivity index (χ4n) is 3.46. The second-order valence-corrected chi connectivity index (χ2v) is 9.32. The van der Waals surface area contributed by atoms with E-state index in [2.05, 4.69) is 4.72 Å². The third-order valence-electron chi connectivity index (χ3n) is 5.15. The van der Waals surface area contributed by atoms with Gasteiger partial charge in [0.05, 0.1) is 16.1 Å². The summed E-state index contributed by atoms with van der Waals surface area (Å²) in [6.07, 6.45) is -2.80. The minimum atomic E-state index is -4.74. The van der Waals surface area contributed by atoms with Crippen LogP contribution in [0.3, 0.4) is 0 Å². The zero-order valence-corrected chi connectivity index (χ0v) is 16.4. The van der Waals surface area contributed by atoms with Crippen LogP contribution in [0, 0.1) is 5.82 Å². The Labute approximate surface area is 166 Å². The van der Waals surface area contributed by atoms with Gasteiger partial charge >= 0.3 is 6.18 Å². The molecule has 2 aromatic rings. The maximum absolute atomic E-state index is 13.3. The average molecular weight is 431 g/mol. The van der Waals surface area contributed by atoms with E-state index < -0.39 is 33.2 Å². The minimum absolute atomic E-state index is 0.0748. The van der Waals surface area contributed by atoms with Gasteiger partial charge < -0.3 is 5.11 Å². The molecule has 158 valence electrons. The summed E-state index contributed by atoms with van der Waals surface area (Å²) in [5, 5.41) is 9.96. The van der Waals surface area contributed by atoms with Gasteiger partial charge in [-0.3, -0.25) is 0 Å². The number of alkyl halides is 3. The van der Waals surface area contributed by atoms with Gasteiger partial charge in [-0.05, 0) is 68.0 Å². The van der Waals surface area contributed by atoms with Crippen molar-refractivity contribution < 1.29 is 31.1 Å². The van der Waals surface area contributed by atoms with Gasteiger partial charge in [-0.15, -0.1) is 0 Å². The molecule has 0 heterocycles. The van der Waals surface area contributed by atoms with E-state index in [1.807, 2.05) is 0 Å². The van der Waals surface area contributed by atoms with Crippen molar-refractivity contribution in [3.8, 4) is 11.1 Å². The van der Waals surface area contributed by atoms with E-state index in [1.54, 1.807) is 6.92 Å². The molecule has 1 aliphatic carbocycles. The summed E-state index contributed by atoms with van der Waals surface area (Å²) in [7, 11) is -3.86. The average Bonchev–Trinajstić information content (AvgIpc) is 2.63. The Morgan fingerprint density at radius 1 is 1.07 bits per heavy atom. The topological polar surface area (TPSA) is 66.4 Å². The van der Waals surface area contributed by atoms with Crippen LogP contribution in [-0.4, -0.2) is 25.2 Å². The second-order valence-electron chi connectivity index (χ2n) is 7.60. The van der Waals surface area contributed by atoms with Crippen LogP contribution in [0.25, 0.3) is 11.1 Å². The Balaban J connectivity index is 1.82. The molecule has 9 heteroatoms. The van der Waals surface area contributed by atoms with Crippen molar-refractivity contribution in [3.63, 3.8) is 0 Å². The lowest BCUT2D eigenvalue weighted by Gasteiger charge is -2.33. The molecule has 4 nitrogen and oxygen atoms in total. The van der Waals surface area contributed by atoms with Crippen molar-refractivity contribution in [2.24, 2.45) is 0 Å². The molecule has 3 rings (SSSR count). The first-order chi connectivity index (χ1) is 13.4. The number of halogens is 4. The number of aliphatic hydroxyl groups is 1. The van der Waals surface area contributed by atoms with E-state index in [0.717, 1.165) is 12.1 Å². The van der Waals surface area contributed by atoms with Gasteiger partial charge in [-0.2, -0.15) is 13.2 Å². The molecule has 29 heavy (non-hydrogen) atoms. The van der Waals surface area contributed by atoms with Crippen molar-refractivity contribution in [1.82, 2.24) is 4.72 Å². The highest BCUT2D eigenvalue weighted by atomic mass is 32.2. The van der Waals surface area contributed by atoms with Crippen molar-refractivity contribution in [2.75, 3.05) is 0 Å². The highest BCUT2D eigenvalue weighted by Crippen LogP contribution is 2.37. The molecule has 0 amide bonds. The van der Waals surface area contributed by atoms with Gasteiger partial charge in [0, 0.05) is 6.04 Å². The highest BCUT2D eigenvalue weighted by molar-refractivity contribution is 7.89. The number of nitrogens with one attached hydrogen (secondary N) is 1. The Morgan fingerprint density at radius 3 is 2.21 bits per heavy atom. The molecular formula is C20H21F4NO3S. The normalized spacial score (nSPS) is 23.2. The highest BCUT2D eigenvalue weighted by Gasteiger charge is 2.34. The molecule has 0 aromatic heterocycles.